The van der Waals surface area contributed by atoms with Crippen molar-refractivity contribution in [3.8, 4) is 17.2 Å². The van der Waals surface area contributed by atoms with E-state index in [1.807, 2.05) is 31.2 Å². The van der Waals surface area contributed by atoms with Gasteiger partial charge in [-0.25, -0.2) is 4.98 Å². The minimum atomic E-state index is -0.328. The van der Waals surface area contributed by atoms with E-state index in [-0.39, 0.29) is 23.6 Å². The third-order valence-corrected chi connectivity index (χ3v) is 5.95. The Morgan fingerprint density at radius 3 is 2.55 bits per heavy atom. The van der Waals surface area contributed by atoms with Crippen molar-refractivity contribution in [3.05, 3.63) is 58.1 Å². The molecule has 0 atom stereocenters. The summed E-state index contributed by atoms with van der Waals surface area (Å²) in [6.45, 7) is 3.32. The van der Waals surface area contributed by atoms with E-state index in [9.17, 15) is 9.59 Å². The van der Waals surface area contributed by atoms with E-state index in [2.05, 4.69) is 20.5 Å². The molecule has 11 heteroatoms. The van der Waals surface area contributed by atoms with Gasteiger partial charge in [-0.15, -0.1) is 5.10 Å². The first-order valence-electron chi connectivity index (χ1n) is 10.0. The molecule has 4 aromatic rings. The van der Waals surface area contributed by atoms with Gasteiger partial charge in [0.05, 0.1) is 43.1 Å². The average Bonchev–Trinajstić information content (AvgIpc) is 3.27. The number of rotatable bonds is 8. The van der Waals surface area contributed by atoms with Crippen LogP contribution in [-0.4, -0.2) is 49.8 Å². The minimum Gasteiger partial charge on any atom is -0.493 e. The lowest BCUT2D eigenvalue weighted by Gasteiger charge is -2.14. The number of hydrogen-bond acceptors (Lipinski definition) is 9. The molecule has 170 valence electrons. The van der Waals surface area contributed by atoms with Crippen LogP contribution in [-0.2, 0) is 17.1 Å². The zero-order valence-electron chi connectivity index (χ0n) is 18.6. The number of ether oxygens (including phenoxy) is 2. The van der Waals surface area contributed by atoms with E-state index in [0.717, 1.165) is 11.3 Å². The van der Waals surface area contributed by atoms with Crippen molar-refractivity contribution in [2.45, 2.75) is 31.3 Å². The van der Waals surface area contributed by atoms with E-state index in [0.29, 0.717) is 33.4 Å². The molecule has 0 saturated carbocycles. The summed E-state index contributed by atoms with van der Waals surface area (Å²) in [5, 5.41) is 12.9. The van der Waals surface area contributed by atoms with E-state index in [4.69, 9.17) is 9.47 Å². The summed E-state index contributed by atoms with van der Waals surface area (Å²) in [6, 6.07) is 11.0. The Labute approximate surface area is 193 Å². The summed E-state index contributed by atoms with van der Waals surface area (Å²) >= 11 is 1.32. The second-order valence-corrected chi connectivity index (χ2v) is 8.24. The average molecular weight is 467 g/mol. The number of aryl methyl sites for hydroxylation is 1. The highest BCUT2D eigenvalue weighted by Crippen LogP contribution is 2.31. The fraction of sp³-hybridized carbons (Fsp3) is 0.273. The number of tetrazole rings is 1. The number of carbonyl (C=O) groups excluding carboxylic acids is 1. The van der Waals surface area contributed by atoms with Crippen LogP contribution in [0.15, 0.2) is 46.3 Å². The maximum Gasteiger partial charge on any atom is 0.261 e. The second-order valence-electron chi connectivity index (χ2n) is 7.29. The van der Waals surface area contributed by atoms with E-state index in [1.165, 1.54) is 37.5 Å². The number of thioether (sulfide) groups is 1. The Balaban J connectivity index is 1.76. The molecule has 0 radical (unpaired) electrons. The Morgan fingerprint density at radius 1 is 1.12 bits per heavy atom. The first kappa shape index (κ1) is 22.5. The Kier molecular flexibility index (Phi) is 6.40. The van der Waals surface area contributed by atoms with Crippen LogP contribution in [0.2, 0.25) is 0 Å². The van der Waals surface area contributed by atoms with Gasteiger partial charge in [0.2, 0.25) is 5.16 Å². The number of aromatic nitrogens is 6. The zero-order valence-corrected chi connectivity index (χ0v) is 19.4. The number of carbonyl (C=O) groups is 1. The largest absolute Gasteiger partial charge is 0.493 e. The van der Waals surface area contributed by atoms with Crippen LogP contribution in [0.4, 0.5) is 0 Å². The van der Waals surface area contributed by atoms with E-state index >= 15 is 0 Å². The predicted octanol–water partition coefficient (Wildman–Crippen LogP) is 2.58. The first-order valence-corrected chi connectivity index (χ1v) is 11.0. The Morgan fingerprint density at radius 2 is 1.85 bits per heavy atom. The number of methoxy groups -OCH3 is 2. The summed E-state index contributed by atoms with van der Waals surface area (Å²) in [4.78, 5) is 29.8. The number of hydrogen-bond donors (Lipinski definition) is 0. The van der Waals surface area contributed by atoms with Crippen molar-refractivity contribution in [1.82, 2.24) is 29.8 Å². The molecule has 10 nitrogen and oxygen atoms in total. The van der Waals surface area contributed by atoms with Gasteiger partial charge in [-0.05, 0) is 42.0 Å². The molecular weight excluding hydrogens is 444 g/mol. The fourth-order valence-electron chi connectivity index (χ4n) is 3.44. The van der Waals surface area contributed by atoms with Crippen LogP contribution in [0.1, 0.15) is 18.3 Å². The van der Waals surface area contributed by atoms with Crippen molar-refractivity contribution in [2.24, 2.45) is 0 Å². The van der Waals surface area contributed by atoms with Crippen molar-refractivity contribution in [3.63, 3.8) is 0 Å². The molecule has 2 aromatic heterocycles. The molecule has 0 aliphatic carbocycles. The van der Waals surface area contributed by atoms with E-state index in [1.54, 1.807) is 16.8 Å². The standard InChI is InChI=1S/C22H22N6O4S/c1-13-7-5-6-8-17(13)28-22(24-25-26-28)33-12-20-23-16-10-19(32-4)18(31-3)9-15(16)21(30)27(20)11-14(2)29/h5-10H,11-12H2,1-4H3. The highest BCUT2D eigenvalue weighted by Gasteiger charge is 2.18. The monoisotopic (exact) mass is 466 g/mol. The number of para-hydroxylation sites is 1. The van der Waals surface area contributed by atoms with Gasteiger partial charge in [0.15, 0.2) is 11.5 Å². The molecule has 0 unspecified atom stereocenters. The van der Waals surface area contributed by atoms with Crippen molar-refractivity contribution in [1.29, 1.82) is 0 Å². The van der Waals surface area contributed by atoms with Gasteiger partial charge in [-0.2, -0.15) is 4.68 Å². The highest BCUT2D eigenvalue weighted by molar-refractivity contribution is 7.98. The number of nitrogens with zero attached hydrogens (tertiary/aromatic N) is 6. The topological polar surface area (TPSA) is 114 Å². The minimum absolute atomic E-state index is 0.0885. The summed E-state index contributed by atoms with van der Waals surface area (Å²) < 4.78 is 13.7. The SMILES string of the molecule is COc1cc2nc(CSc3nnnn3-c3ccccc3C)n(CC(C)=O)c(=O)c2cc1OC. The lowest BCUT2D eigenvalue weighted by atomic mass is 10.2. The van der Waals surface area contributed by atoms with Crippen LogP contribution in [0.3, 0.4) is 0 Å². The molecule has 0 saturated heterocycles. The molecule has 0 aliphatic heterocycles. The normalized spacial score (nSPS) is 11.0. The summed E-state index contributed by atoms with van der Waals surface area (Å²) in [7, 11) is 3.01. The maximum absolute atomic E-state index is 13.3. The molecule has 0 bridgehead atoms. The second kappa shape index (κ2) is 9.41. The molecule has 0 aliphatic rings. The number of Topliss-reactive ketones (excluding diaryl/α,β-unsaturated/α-hetero) is 1. The fourth-order valence-corrected chi connectivity index (χ4v) is 4.27. The first-order chi connectivity index (χ1) is 15.9. The zero-order chi connectivity index (χ0) is 23.5. The van der Waals surface area contributed by atoms with E-state index < -0.39 is 0 Å². The lowest BCUT2D eigenvalue weighted by Crippen LogP contribution is -2.27. The van der Waals surface area contributed by atoms with Crippen LogP contribution in [0, 0.1) is 6.92 Å². The molecule has 0 fully saturated rings. The van der Waals surface area contributed by atoms with Crippen molar-refractivity contribution in [2.75, 3.05) is 14.2 Å². The molecular formula is C22H22N6O4S. The van der Waals surface area contributed by atoms with Gasteiger partial charge in [0, 0.05) is 6.07 Å². The van der Waals surface area contributed by atoms with Crippen LogP contribution < -0.4 is 15.0 Å². The number of fused-ring (bicyclic) bond motifs is 1. The molecule has 33 heavy (non-hydrogen) atoms. The van der Waals surface area contributed by atoms with Gasteiger partial charge < -0.3 is 9.47 Å². The highest BCUT2D eigenvalue weighted by atomic mass is 32.2. The van der Waals surface area contributed by atoms with Crippen LogP contribution in [0.25, 0.3) is 16.6 Å². The molecule has 2 aromatic carbocycles. The van der Waals surface area contributed by atoms with Crippen molar-refractivity contribution < 1.29 is 14.3 Å². The summed E-state index contributed by atoms with van der Waals surface area (Å²) in [5.41, 5.74) is 2.00. The van der Waals surface area contributed by atoms with Crippen LogP contribution >= 0.6 is 11.8 Å². The predicted molar refractivity (Wildman–Crippen MR) is 123 cm³/mol. The molecule has 0 spiro atoms. The smallest absolute Gasteiger partial charge is 0.261 e. The molecule has 0 N–H and O–H groups in total. The number of benzene rings is 2. The third-order valence-electron chi connectivity index (χ3n) is 5.03. The Bertz CT molecular complexity index is 1400. The maximum atomic E-state index is 13.3. The lowest BCUT2D eigenvalue weighted by molar-refractivity contribution is -0.117. The summed E-state index contributed by atoms with van der Waals surface area (Å²) in [5.74, 6) is 1.43. The van der Waals surface area contributed by atoms with Crippen LogP contribution in [0.5, 0.6) is 11.5 Å². The molecule has 2 heterocycles. The summed E-state index contributed by atoms with van der Waals surface area (Å²) in [6.07, 6.45) is 0. The number of ketones is 1. The molecule has 0 amide bonds. The van der Waals surface area contributed by atoms with Gasteiger partial charge in [-0.3, -0.25) is 14.2 Å². The quantitative estimate of drug-likeness (QED) is 0.361. The Hall–Kier alpha value is -3.73. The van der Waals surface area contributed by atoms with Crippen molar-refractivity contribution >= 4 is 28.4 Å². The molecule has 4 rings (SSSR count). The van der Waals surface area contributed by atoms with Gasteiger partial charge in [0.25, 0.3) is 5.56 Å². The van der Waals surface area contributed by atoms with Gasteiger partial charge in [0.1, 0.15) is 11.6 Å². The van der Waals surface area contributed by atoms with Gasteiger partial charge in [-0.1, -0.05) is 30.0 Å². The third kappa shape index (κ3) is 4.44. The van der Waals surface area contributed by atoms with Gasteiger partial charge >= 0.3 is 0 Å².